The van der Waals surface area contributed by atoms with Crippen LogP contribution in [0.1, 0.15) is 26.3 Å². The fourth-order valence-corrected chi connectivity index (χ4v) is 6.60. The van der Waals surface area contributed by atoms with Crippen molar-refractivity contribution in [1.29, 1.82) is 0 Å². The Hall–Kier alpha value is -2.47. The lowest BCUT2D eigenvalue weighted by atomic mass is 10.00. The molecule has 0 aliphatic rings. The summed E-state index contributed by atoms with van der Waals surface area (Å²) in [5.41, 5.74) is 0.830. The molecule has 0 spiro atoms. The van der Waals surface area contributed by atoms with Crippen molar-refractivity contribution in [2.75, 3.05) is 32.2 Å². The molecule has 9 nitrogen and oxygen atoms in total. The van der Waals surface area contributed by atoms with E-state index in [1.165, 1.54) is 30.5 Å². The largest absolute Gasteiger partial charge is 0.497 e. The maximum Gasteiger partial charge on any atom is 0.243 e. The first-order valence-corrected chi connectivity index (χ1v) is 15.6. The van der Waals surface area contributed by atoms with Gasteiger partial charge in [-0.25, -0.2) is 16.8 Å². The highest BCUT2D eigenvalue weighted by atomic mass is 32.2. The van der Waals surface area contributed by atoms with E-state index in [0.29, 0.717) is 5.75 Å². The average molecular weight is 555 g/mol. The topological polar surface area (TPSA) is 130 Å². The number of carbonyl (C=O) groups excluding carboxylic acids is 1. The molecule has 0 aliphatic heterocycles. The summed E-state index contributed by atoms with van der Waals surface area (Å²) in [6.07, 6.45) is 0.0274. The van der Waals surface area contributed by atoms with Crippen molar-refractivity contribution in [2.24, 2.45) is 11.8 Å². The number of benzene rings is 2. The molecule has 1 amide bonds. The molecule has 2 rings (SSSR count). The van der Waals surface area contributed by atoms with Gasteiger partial charge < -0.3 is 15.2 Å². The second-order valence-corrected chi connectivity index (χ2v) is 13.9. The van der Waals surface area contributed by atoms with Crippen molar-refractivity contribution in [2.45, 2.75) is 44.2 Å². The lowest BCUT2D eigenvalue weighted by Crippen LogP contribution is -2.52. The number of carbonyl (C=O) groups is 1. The number of methoxy groups -OCH3 is 1. The van der Waals surface area contributed by atoms with Crippen molar-refractivity contribution < 1.29 is 31.5 Å². The van der Waals surface area contributed by atoms with Gasteiger partial charge in [0.2, 0.25) is 15.9 Å². The van der Waals surface area contributed by atoms with Crippen LogP contribution >= 0.6 is 0 Å². The molecule has 2 aromatic rings. The molecule has 0 fully saturated rings. The molecule has 2 aromatic carbocycles. The van der Waals surface area contributed by atoms with E-state index in [1.807, 2.05) is 44.2 Å². The van der Waals surface area contributed by atoms with Gasteiger partial charge in [-0.05, 0) is 42.2 Å². The number of amides is 1. The fourth-order valence-electron chi connectivity index (χ4n) is 3.92. The summed E-state index contributed by atoms with van der Waals surface area (Å²) in [6.45, 7) is 5.15. The standard InChI is InChI=1S/C26H38N2O7S2/c1-19(2)16-28(37(33,34)23-13-11-22(35-4)12-14-23)17-25(29)24(15-21-9-7-6-8-10-21)27-26(30)20(3)18-36(5,31)32/h6-14,19-20,24-25,29H,15-18H2,1-5H3,(H,27,30)/t20-,24+,25-/m1/s1. The maximum atomic E-state index is 13.5. The van der Waals surface area contributed by atoms with Crippen LogP contribution in [0.5, 0.6) is 5.75 Å². The second-order valence-electron chi connectivity index (χ2n) is 9.76. The molecule has 0 saturated carbocycles. The molecule has 0 bridgehead atoms. The Morgan fingerprint density at radius 2 is 1.57 bits per heavy atom. The van der Waals surface area contributed by atoms with Crippen LogP contribution in [0.4, 0.5) is 0 Å². The molecule has 11 heteroatoms. The number of sulfonamides is 1. The third-order valence-corrected chi connectivity index (χ3v) is 8.70. The van der Waals surface area contributed by atoms with Crippen LogP contribution in [0.2, 0.25) is 0 Å². The summed E-state index contributed by atoms with van der Waals surface area (Å²) in [5.74, 6) is -1.22. The Morgan fingerprint density at radius 3 is 2.08 bits per heavy atom. The number of hydrogen-bond acceptors (Lipinski definition) is 7. The zero-order chi connectivity index (χ0) is 27.8. The fraction of sp³-hybridized carbons (Fsp3) is 0.500. The third kappa shape index (κ3) is 9.73. The molecule has 37 heavy (non-hydrogen) atoms. The number of ether oxygens (including phenoxy) is 1. The summed E-state index contributed by atoms with van der Waals surface area (Å²) in [5, 5.41) is 14.0. The Labute approximate surface area is 220 Å². The van der Waals surface area contributed by atoms with Gasteiger partial charge in [0.25, 0.3) is 0 Å². The van der Waals surface area contributed by atoms with Crippen molar-refractivity contribution in [1.82, 2.24) is 9.62 Å². The van der Waals surface area contributed by atoms with Crippen LogP contribution in [0.15, 0.2) is 59.5 Å². The smallest absolute Gasteiger partial charge is 0.243 e. The molecular formula is C26H38N2O7S2. The van der Waals surface area contributed by atoms with Gasteiger partial charge in [-0.1, -0.05) is 51.1 Å². The van der Waals surface area contributed by atoms with E-state index >= 15 is 0 Å². The lowest BCUT2D eigenvalue weighted by Gasteiger charge is -2.31. The number of sulfone groups is 1. The SMILES string of the molecule is COc1ccc(S(=O)(=O)N(CC(C)C)C[C@@H](O)[C@H](Cc2ccccc2)NC(=O)[C@H](C)CS(C)(=O)=O)cc1. The summed E-state index contributed by atoms with van der Waals surface area (Å²) >= 11 is 0. The number of nitrogens with one attached hydrogen (secondary N) is 1. The van der Waals surface area contributed by atoms with E-state index in [9.17, 15) is 26.7 Å². The lowest BCUT2D eigenvalue weighted by molar-refractivity contribution is -0.125. The van der Waals surface area contributed by atoms with Crippen molar-refractivity contribution in [3.63, 3.8) is 0 Å². The van der Waals surface area contributed by atoms with Gasteiger partial charge >= 0.3 is 0 Å². The minimum Gasteiger partial charge on any atom is -0.497 e. The number of aliphatic hydroxyl groups excluding tert-OH is 1. The number of aliphatic hydroxyl groups is 1. The average Bonchev–Trinajstić information content (AvgIpc) is 2.82. The van der Waals surface area contributed by atoms with Gasteiger partial charge in [0.1, 0.15) is 15.6 Å². The first kappa shape index (κ1) is 30.8. The zero-order valence-electron chi connectivity index (χ0n) is 22.0. The van der Waals surface area contributed by atoms with Crippen molar-refractivity contribution >= 4 is 25.8 Å². The highest BCUT2D eigenvalue weighted by molar-refractivity contribution is 7.90. The van der Waals surface area contributed by atoms with Gasteiger partial charge in [0.15, 0.2) is 0 Å². The third-order valence-electron chi connectivity index (χ3n) is 5.75. The minimum atomic E-state index is -3.97. The maximum absolute atomic E-state index is 13.5. The van der Waals surface area contributed by atoms with E-state index in [1.54, 1.807) is 12.1 Å². The van der Waals surface area contributed by atoms with Crippen LogP contribution in [-0.2, 0) is 31.1 Å². The number of nitrogens with zero attached hydrogens (tertiary/aromatic N) is 1. The summed E-state index contributed by atoms with van der Waals surface area (Å²) in [4.78, 5) is 12.9. The molecule has 206 valence electrons. The first-order chi connectivity index (χ1) is 17.2. The molecule has 0 aromatic heterocycles. The van der Waals surface area contributed by atoms with Crippen LogP contribution in [0.25, 0.3) is 0 Å². The molecule has 0 heterocycles. The Balaban J connectivity index is 2.33. The quantitative estimate of drug-likeness (QED) is 0.366. The zero-order valence-corrected chi connectivity index (χ0v) is 23.6. The van der Waals surface area contributed by atoms with Gasteiger partial charge in [-0.15, -0.1) is 0 Å². The van der Waals surface area contributed by atoms with Crippen LogP contribution in [-0.4, -0.2) is 76.5 Å². The monoisotopic (exact) mass is 554 g/mol. The summed E-state index contributed by atoms with van der Waals surface area (Å²) < 4.78 is 56.7. The van der Waals surface area contributed by atoms with Crippen LogP contribution in [0, 0.1) is 11.8 Å². The van der Waals surface area contributed by atoms with E-state index in [-0.39, 0.29) is 36.1 Å². The number of rotatable bonds is 14. The Kier molecular flexibility index (Phi) is 11.1. The second kappa shape index (κ2) is 13.4. The summed E-state index contributed by atoms with van der Waals surface area (Å²) in [7, 11) is -5.87. The van der Waals surface area contributed by atoms with Gasteiger partial charge in [0, 0.05) is 25.3 Å². The van der Waals surface area contributed by atoms with Crippen LogP contribution < -0.4 is 10.1 Å². The Bertz CT molecular complexity index is 1220. The van der Waals surface area contributed by atoms with Gasteiger partial charge in [-0.2, -0.15) is 4.31 Å². The minimum absolute atomic E-state index is 0.0304. The normalized spacial score (nSPS) is 14.8. The van der Waals surface area contributed by atoms with Gasteiger partial charge in [0.05, 0.1) is 29.9 Å². The molecule has 3 atom stereocenters. The predicted molar refractivity (Wildman–Crippen MR) is 144 cm³/mol. The van der Waals surface area contributed by atoms with E-state index in [0.717, 1.165) is 11.8 Å². The molecule has 0 unspecified atom stereocenters. The van der Waals surface area contributed by atoms with Crippen molar-refractivity contribution in [3.8, 4) is 5.75 Å². The molecule has 0 saturated heterocycles. The molecule has 2 N–H and O–H groups in total. The Morgan fingerprint density at radius 1 is 0.973 bits per heavy atom. The predicted octanol–water partition coefficient (Wildman–Crippen LogP) is 2.11. The van der Waals surface area contributed by atoms with E-state index in [2.05, 4.69) is 5.32 Å². The molecule has 0 aliphatic carbocycles. The van der Waals surface area contributed by atoms with Crippen LogP contribution in [0.3, 0.4) is 0 Å². The van der Waals surface area contributed by atoms with E-state index < -0.39 is 43.8 Å². The molecular weight excluding hydrogens is 516 g/mol. The van der Waals surface area contributed by atoms with Gasteiger partial charge in [-0.3, -0.25) is 4.79 Å². The molecule has 0 radical (unpaired) electrons. The first-order valence-electron chi connectivity index (χ1n) is 12.1. The highest BCUT2D eigenvalue weighted by Gasteiger charge is 2.32. The highest BCUT2D eigenvalue weighted by Crippen LogP contribution is 2.22. The number of hydrogen-bond donors (Lipinski definition) is 2. The van der Waals surface area contributed by atoms with E-state index in [4.69, 9.17) is 4.74 Å². The van der Waals surface area contributed by atoms with Crippen molar-refractivity contribution in [3.05, 3.63) is 60.2 Å². The summed E-state index contributed by atoms with van der Waals surface area (Å²) in [6, 6.07) is 14.3.